The fourth-order valence-corrected chi connectivity index (χ4v) is 7.57. The largest absolute Gasteiger partial charge is 0.208 e. The molecule has 0 aliphatic heterocycles. The van der Waals surface area contributed by atoms with Gasteiger partial charge in [-0.25, -0.2) is 15.0 Å². The molecule has 0 fully saturated rings. The molecular weight excluding hydrogens is 655 g/mol. The molecule has 54 heavy (non-hydrogen) atoms. The summed E-state index contributed by atoms with van der Waals surface area (Å²) in [6.45, 7) is 0. The SMILES string of the molecule is [2H]c1c([2H])c([2H])c(-c2ccc(-c3c4ccccc4c(-c4ccc(-c5nc(-c6ccccc6)nc(-c6ccccc6)n5)c5ccccc45)c4ccccc34)cc2)c([2H])c1[2H]. The van der Waals surface area contributed by atoms with Crippen molar-refractivity contribution in [3.63, 3.8) is 0 Å². The summed E-state index contributed by atoms with van der Waals surface area (Å²) < 4.78 is 41.5. The zero-order valence-electron chi connectivity index (χ0n) is 34.0. The average Bonchev–Trinajstić information content (AvgIpc) is 3.30. The van der Waals surface area contributed by atoms with Gasteiger partial charge in [-0.3, -0.25) is 0 Å². The van der Waals surface area contributed by atoms with Crippen LogP contribution in [0.15, 0.2) is 200 Å². The van der Waals surface area contributed by atoms with Gasteiger partial charge >= 0.3 is 0 Å². The van der Waals surface area contributed by atoms with E-state index in [-0.39, 0.29) is 29.7 Å². The molecule has 0 atom stereocenters. The molecule has 1 aromatic heterocycles. The number of nitrogens with zero attached hydrogens (tertiary/aromatic N) is 3. The van der Waals surface area contributed by atoms with Crippen molar-refractivity contribution in [3.8, 4) is 67.5 Å². The van der Waals surface area contributed by atoms with Crippen LogP contribution in [0, 0.1) is 0 Å². The molecule has 0 radical (unpaired) electrons. The first kappa shape index (κ1) is 26.5. The second-order valence-electron chi connectivity index (χ2n) is 13.2. The van der Waals surface area contributed by atoms with Crippen LogP contribution < -0.4 is 0 Å². The van der Waals surface area contributed by atoms with Gasteiger partial charge in [0.25, 0.3) is 0 Å². The van der Waals surface area contributed by atoms with Gasteiger partial charge < -0.3 is 0 Å². The Bertz CT molecular complexity index is 3120. The van der Waals surface area contributed by atoms with Gasteiger partial charge in [-0.05, 0) is 71.8 Å². The molecule has 3 nitrogen and oxygen atoms in total. The number of rotatable bonds is 6. The van der Waals surface area contributed by atoms with Crippen LogP contribution in [0.1, 0.15) is 6.85 Å². The van der Waals surface area contributed by atoms with Crippen molar-refractivity contribution >= 4 is 32.3 Å². The van der Waals surface area contributed by atoms with Gasteiger partial charge in [-0.15, -0.1) is 0 Å². The summed E-state index contributed by atoms with van der Waals surface area (Å²) in [4.78, 5) is 15.1. The lowest BCUT2D eigenvalue weighted by Gasteiger charge is -2.19. The van der Waals surface area contributed by atoms with E-state index in [1.54, 1.807) is 0 Å². The van der Waals surface area contributed by atoms with Gasteiger partial charge in [0.1, 0.15) is 0 Å². The van der Waals surface area contributed by atoms with Gasteiger partial charge in [0.15, 0.2) is 17.5 Å². The first-order valence-corrected chi connectivity index (χ1v) is 17.9. The predicted octanol–water partition coefficient (Wildman–Crippen LogP) is 13.3. The van der Waals surface area contributed by atoms with Crippen molar-refractivity contribution in [1.82, 2.24) is 15.0 Å². The number of aromatic nitrogens is 3. The Morgan fingerprint density at radius 2 is 0.685 bits per heavy atom. The first-order chi connectivity index (χ1) is 28.9. The minimum atomic E-state index is -0.402. The molecule has 0 aliphatic rings. The second-order valence-corrected chi connectivity index (χ2v) is 13.2. The minimum absolute atomic E-state index is 0.188. The monoisotopic (exact) mass is 692 g/mol. The van der Waals surface area contributed by atoms with E-state index in [0.29, 0.717) is 23.0 Å². The lowest BCUT2D eigenvalue weighted by molar-refractivity contribution is 1.08. The van der Waals surface area contributed by atoms with Gasteiger partial charge in [-0.1, -0.05) is 194 Å². The van der Waals surface area contributed by atoms with Crippen molar-refractivity contribution in [2.75, 3.05) is 0 Å². The highest BCUT2D eigenvalue weighted by atomic mass is 15.0. The van der Waals surface area contributed by atoms with Crippen LogP contribution in [0.2, 0.25) is 0 Å². The highest BCUT2D eigenvalue weighted by Gasteiger charge is 2.20. The maximum absolute atomic E-state index is 8.54. The summed E-state index contributed by atoms with van der Waals surface area (Å²) in [5.74, 6) is 1.81. The number of hydrogen-bond donors (Lipinski definition) is 0. The summed E-state index contributed by atoms with van der Waals surface area (Å²) >= 11 is 0. The Hall–Kier alpha value is -7.23. The van der Waals surface area contributed by atoms with E-state index in [2.05, 4.69) is 84.9 Å². The fraction of sp³-hybridized carbons (Fsp3) is 0. The molecular formula is C51H33N3. The highest BCUT2D eigenvalue weighted by molar-refractivity contribution is 6.24. The molecule has 9 aromatic carbocycles. The van der Waals surface area contributed by atoms with E-state index in [1.165, 1.54) is 0 Å². The molecule has 0 amide bonds. The van der Waals surface area contributed by atoms with Crippen LogP contribution in [0.5, 0.6) is 0 Å². The van der Waals surface area contributed by atoms with E-state index in [1.807, 2.05) is 84.9 Å². The van der Waals surface area contributed by atoms with Crippen molar-refractivity contribution in [2.45, 2.75) is 0 Å². The predicted molar refractivity (Wildman–Crippen MR) is 225 cm³/mol. The summed E-state index contributed by atoms with van der Waals surface area (Å²) in [6.07, 6.45) is 0. The molecule has 0 unspecified atom stereocenters. The van der Waals surface area contributed by atoms with Crippen LogP contribution >= 0.6 is 0 Å². The topological polar surface area (TPSA) is 38.7 Å². The van der Waals surface area contributed by atoms with Crippen molar-refractivity contribution in [3.05, 3.63) is 200 Å². The quantitative estimate of drug-likeness (QED) is 0.163. The molecule has 252 valence electrons. The van der Waals surface area contributed by atoms with E-state index in [9.17, 15) is 0 Å². The van der Waals surface area contributed by atoms with Gasteiger partial charge in [-0.2, -0.15) is 0 Å². The molecule has 10 rings (SSSR count). The Morgan fingerprint density at radius 3 is 1.22 bits per heavy atom. The zero-order valence-corrected chi connectivity index (χ0v) is 29.0. The molecule has 0 aliphatic carbocycles. The van der Waals surface area contributed by atoms with E-state index >= 15 is 0 Å². The number of hydrogen-bond acceptors (Lipinski definition) is 3. The molecule has 0 N–H and O–H groups in total. The second kappa shape index (κ2) is 13.4. The van der Waals surface area contributed by atoms with Crippen LogP contribution in [-0.2, 0) is 0 Å². The minimum Gasteiger partial charge on any atom is -0.208 e. The Kier molecular flexibility index (Phi) is 6.58. The van der Waals surface area contributed by atoms with E-state index in [4.69, 9.17) is 21.8 Å². The Labute approximate surface area is 321 Å². The summed E-state index contributed by atoms with van der Waals surface area (Å²) in [5, 5.41) is 6.41. The van der Waals surface area contributed by atoms with Crippen molar-refractivity contribution in [2.24, 2.45) is 0 Å². The summed E-state index contributed by atoms with van der Waals surface area (Å²) in [6, 6.07) is 55.8. The maximum atomic E-state index is 8.54. The summed E-state index contributed by atoms with van der Waals surface area (Å²) in [7, 11) is 0. The lowest BCUT2D eigenvalue weighted by Crippen LogP contribution is -2.00. The Morgan fingerprint density at radius 1 is 0.278 bits per heavy atom. The van der Waals surface area contributed by atoms with Crippen LogP contribution in [0.4, 0.5) is 0 Å². The van der Waals surface area contributed by atoms with Gasteiger partial charge in [0.2, 0.25) is 0 Å². The van der Waals surface area contributed by atoms with Gasteiger partial charge in [0, 0.05) is 16.7 Å². The summed E-state index contributed by atoms with van der Waals surface area (Å²) in [5.41, 5.74) is 7.70. The normalized spacial score (nSPS) is 12.6. The Balaban J connectivity index is 1.17. The molecule has 0 saturated carbocycles. The molecule has 10 aromatic rings. The van der Waals surface area contributed by atoms with Crippen LogP contribution in [0.25, 0.3) is 99.9 Å². The third-order valence-electron chi connectivity index (χ3n) is 10.0. The standard InChI is InChI=1S/C51H33N3/c1-4-16-34(17-5-1)35-28-30-36(31-29-35)47-41-24-12-14-26-43(41)48(44-27-15-13-25-42(44)47)45-32-33-46(40-23-11-10-22-39(40)45)51-53-49(37-18-6-2-7-19-37)52-50(54-51)38-20-8-3-9-21-38/h1-33H/i1D,4D,5D,16D,17D. The van der Waals surface area contributed by atoms with Crippen LogP contribution in [0.3, 0.4) is 0 Å². The van der Waals surface area contributed by atoms with Crippen LogP contribution in [-0.4, -0.2) is 15.0 Å². The first-order valence-electron chi connectivity index (χ1n) is 20.4. The van der Waals surface area contributed by atoms with Gasteiger partial charge in [0.05, 0.1) is 6.85 Å². The third kappa shape index (κ3) is 5.51. The molecule has 0 bridgehead atoms. The molecule has 3 heteroatoms. The van der Waals surface area contributed by atoms with E-state index < -0.39 is 6.04 Å². The maximum Gasteiger partial charge on any atom is 0.164 e. The molecule has 0 saturated heterocycles. The highest BCUT2D eigenvalue weighted by Crippen LogP contribution is 2.46. The lowest BCUT2D eigenvalue weighted by atomic mass is 9.84. The average molecular weight is 693 g/mol. The number of benzene rings is 9. The van der Waals surface area contributed by atoms with Crippen molar-refractivity contribution < 1.29 is 6.85 Å². The zero-order chi connectivity index (χ0) is 40.2. The molecule has 1 heterocycles. The third-order valence-corrected chi connectivity index (χ3v) is 10.0. The fourth-order valence-electron chi connectivity index (χ4n) is 7.57. The van der Waals surface area contributed by atoms with E-state index in [0.717, 1.165) is 71.3 Å². The van der Waals surface area contributed by atoms with Crippen molar-refractivity contribution in [1.29, 1.82) is 0 Å². The smallest absolute Gasteiger partial charge is 0.164 e. The number of fused-ring (bicyclic) bond motifs is 3. The molecule has 0 spiro atoms.